The Hall–Kier alpha value is -1.40. The molecule has 3 N–H and O–H groups in total. The van der Waals surface area contributed by atoms with E-state index in [4.69, 9.17) is 4.74 Å². The summed E-state index contributed by atoms with van der Waals surface area (Å²) in [7, 11) is 3.47. The summed E-state index contributed by atoms with van der Waals surface area (Å²) in [6.07, 6.45) is 3.51. The van der Waals surface area contributed by atoms with Crippen LogP contribution in [0.1, 0.15) is 25.1 Å². The number of rotatable bonds is 7. The first-order valence-electron chi connectivity index (χ1n) is 7.16. The van der Waals surface area contributed by atoms with Gasteiger partial charge in [-0.15, -0.1) is 0 Å². The van der Waals surface area contributed by atoms with Crippen molar-refractivity contribution in [1.29, 1.82) is 0 Å². The monoisotopic (exact) mass is 280 g/mol. The van der Waals surface area contributed by atoms with Crippen LogP contribution in [0.3, 0.4) is 0 Å². The van der Waals surface area contributed by atoms with Crippen molar-refractivity contribution in [1.82, 2.24) is 9.97 Å². The fourth-order valence-corrected chi connectivity index (χ4v) is 2.77. The predicted octanol–water partition coefficient (Wildman–Crippen LogP) is 1.49. The van der Waals surface area contributed by atoms with Crippen LogP contribution in [0, 0.1) is 11.8 Å². The Morgan fingerprint density at radius 3 is 2.75 bits per heavy atom. The molecule has 1 aromatic rings. The number of hydrogen-bond acceptors (Lipinski definition) is 6. The van der Waals surface area contributed by atoms with Gasteiger partial charge in [-0.25, -0.2) is 9.97 Å². The Labute approximate surface area is 120 Å². The van der Waals surface area contributed by atoms with Crippen molar-refractivity contribution in [2.75, 3.05) is 37.9 Å². The predicted molar refractivity (Wildman–Crippen MR) is 78.7 cm³/mol. The van der Waals surface area contributed by atoms with Crippen molar-refractivity contribution < 1.29 is 9.84 Å². The molecular weight excluding hydrogens is 256 g/mol. The van der Waals surface area contributed by atoms with Gasteiger partial charge in [0, 0.05) is 33.4 Å². The Morgan fingerprint density at radius 2 is 2.05 bits per heavy atom. The van der Waals surface area contributed by atoms with E-state index in [0.29, 0.717) is 24.3 Å². The summed E-state index contributed by atoms with van der Waals surface area (Å²) in [6, 6.07) is 1.89. The molecule has 6 nitrogen and oxygen atoms in total. The molecule has 6 heteroatoms. The third-order valence-electron chi connectivity index (χ3n) is 3.90. The average Bonchev–Trinajstić information content (AvgIpc) is 2.92. The van der Waals surface area contributed by atoms with Gasteiger partial charge in [-0.1, -0.05) is 6.42 Å². The average molecular weight is 280 g/mol. The van der Waals surface area contributed by atoms with Crippen LogP contribution in [0.5, 0.6) is 0 Å². The molecular formula is C14H24N4O2. The summed E-state index contributed by atoms with van der Waals surface area (Å²) in [5.41, 5.74) is 0. The van der Waals surface area contributed by atoms with Crippen molar-refractivity contribution in [3.8, 4) is 0 Å². The van der Waals surface area contributed by atoms with Crippen molar-refractivity contribution in [3.05, 3.63) is 11.9 Å². The molecule has 0 radical (unpaired) electrons. The van der Waals surface area contributed by atoms with E-state index in [1.165, 1.54) is 12.8 Å². The number of hydrogen-bond donors (Lipinski definition) is 3. The fourth-order valence-electron chi connectivity index (χ4n) is 2.77. The second-order valence-electron chi connectivity index (χ2n) is 5.25. The molecule has 112 valence electrons. The van der Waals surface area contributed by atoms with E-state index in [9.17, 15) is 5.11 Å². The van der Waals surface area contributed by atoms with Gasteiger partial charge in [0.05, 0.1) is 0 Å². The topological polar surface area (TPSA) is 79.3 Å². The van der Waals surface area contributed by atoms with Gasteiger partial charge >= 0.3 is 0 Å². The zero-order valence-electron chi connectivity index (χ0n) is 12.2. The van der Waals surface area contributed by atoms with Crippen LogP contribution in [0.15, 0.2) is 6.07 Å². The minimum Gasteiger partial charge on any atom is -0.396 e. The smallest absolute Gasteiger partial charge is 0.158 e. The summed E-state index contributed by atoms with van der Waals surface area (Å²) in [5.74, 6) is 3.19. The maximum absolute atomic E-state index is 9.35. The molecule has 20 heavy (non-hydrogen) atoms. The van der Waals surface area contributed by atoms with E-state index < -0.39 is 0 Å². The van der Waals surface area contributed by atoms with Gasteiger partial charge in [0.1, 0.15) is 18.2 Å². The Morgan fingerprint density at radius 1 is 1.30 bits per heavy atom. The maximum Gasteiger partial charge on any atom is 0.158 e. The third kappa shape index (κ3) is 3.80. The third-order valence-corrected chi connectivity index (χ3v) is 3.90. The van der Waals surface area contributed by atoms with Gasteiger partial charge in [-0.2, -0.15) is 0 Å². The maximum atomic E-state index is 9.35. The van der Waals surface area contributed by atoms with E-state index >= 15 is 0 Å². The number of methoxy groups -OCH3 is 1. The van der Waals surface area contributed by atoms with E-state index in [2.05, 4.69) is 20.6 Å². The largest absolute Gasteiger partial charge is 0.396 e. The van der Waals surface area contributed by atoms with Crippen molar-refractivity contribution in [2.24, 2.45) is 11.8 Å². The van der Waals surface area contributed by atoms with Crippen LogP contribution in [-0.2, 0) is 11.3 Å². The summed E-state index contributed by atoms with van der Waals surface area (Å²) < 4.78 is 5.08. The molecule has 0 spiro atoms. The molecule has 2 unspecified atom stereocenters. The van der Waals surface area contributed by atoms with E-state index in [1.807, 2.05) is 13.1 Å². The van der Waals surface area contributed by atoms with E-state index in [-0.39, 0.29) is 6.61 Å². The molecule has 1 aromatic heterocycles. The highest BCUT2D eigenvalue weighted by Gasteiger charge is 2.26. The Bertz CT molecular complexity index is 428. The van der Waals surface area contributed by atoms with Crippen molar-refractivity contribution in [2.45, 2.75) is 25.9 Å². The highest BCUT2D eigenvalue weighted by Crippen LogP contribution is 2.31. The first kappa shape index (κ1) is 15.0. The Balaban J connectivity index is 1.99. The normalized spacial score (nSPS) is 21.9. The molecule has 0 aromatic carbocycles. The molecule has 0 saturated heterocycles. The number of nitrogens with one attached hydrogen (secondary N) is 2. The summed E-state index contributed by atoms with van der Waals surface area (Å²) in [5, 5.41) is 15.7. The lowest BCUT2D eigenvalue weighted by Crippen LogP contribution is -2.21. The number of anilines is 2. The number of aliphatic hydroxyl groups excluding tert-OH is 1. The first-order chi connectivity index (χ1) is 9.76. The van der Waals surface area contributed by atoms with E-state index in [1.54, 1.807) is 7.11 Å². The molecule has 2 atom stereocenters. The molecule has 1 heterocycles. The van der Waals surface area contributed by atoms with Crippen LogP contribution in [0.25, 0.3) is 0 Å². The van der Waals surface area contributed by atoms with Crippen LogP contribution < -0.4 is 10.6 Å². The second-order valence-corrected chi connectivity index (χ2v) is 5.25. The molecule has 1 aliphatic rings. The fraction of sp³-hybridized carbons (Fsp3) is 0.714. The van der Waals surface area contributed by atoms with Gasteiger partial charge < -0.3 is 20.5 Å². The van der Waals surface area contributed by atoms with Gasteiger partial charge in [0.15, 0.2) is 5.82 Å². The van der Waals surface area contributed by atoms with Gasteiger partial charge in [-0.3, -0.25) is 0 Å². The van der Waals surface area contributed by atoms with Crippen LogP contribution >= 0.6 is 0 Å². The van der Waals surface area contributed by atoms with Crippen LogP contribution in [0.4, 0.5) is 11.6 Å². The summed E-state index contributed by atoms with van der Waals surface area (Å²) >= 11 is 0. The number of aromatic nitrogens is 2. The van der Waals surface area contributed by atoms with Crippen LogP contribution in [0.2, 0.25) is 0 Å². The highest BCUT2D eigenvalue weighted by atomic mass is 16.5. The lowest BCUT2D eigenvalue weighted by atomic mass is 9.97. The van der Waals surface area contributed by atoms with Crippen molar-refractivity contribution >= 4 is 11.6 Å². The molecule has 1 saturated carbocycles. The Kier molecular flexibility index (Phi) is 5.55. The number of ether oxygens (including phenoxy) is 1. The van der Waals surface area contributed by atoms with Crippen LogP contribution in [-0.4, -0.2) is 42.4 Å². The summed E-state index contributed by atoms with van der Waals surface area (Å²) in [4.78, 5) is 8.76. The second kappa shape index (κ2) is 7.40. The molecule has 2 rings (SSSR count). The molecule has 1 aliphatic carbocycles. The standard InChI is InChI=1S/C14H24N4O2/c1-15-12-6-13(18-14(17-12)9-20-2)16-7-10-4-3-5-11(10)8-19/h6,10-11,19H,3-5,7-9H2,1-2H3,(H2,15,16,17,18). The first-order valence-corrected chi connectivity index (χ1v) is 7.16. The zero-order chi connectivity index (χ0) is 14.4. The lowest BCUT2D eigenvalue weighted by Gasteiger charge is -2.18. The molecule has 0 bridgehead atoms. The summed E-state index contributed by atoms with van der Waals surface area (Å²) in [6.45, 7) is 1.53. The number of aliphatic hydroxyl groups is 1. The quantitative estimate of drug-likeness (QED) is 0.702. The SMILES string of the molecule is CNc1cc(NCC2CCCC2CO)nc(COC)n1. The lowest BCUT2D eigenvalue weighted by molar-refractivity contribution is 0.178. The molecule has 0 aliphatic heterocycles. The van der Waals surface area contributed by atoms with Gasteiger partial charge in [-0.05, 0) is 24.7 Å². The minimum atomic E-state index is 0.285. The minimum absolute atomic E-state index is 0.285. The molecule has 0 amide bonds. The number of nitrogens with zero attached hydrogens (tertiary/aromatic N) is 2. The van der Waals surface area contributed by atoms with Gasteiger partial charge in [0.2, 0.25) is 0 Å². The highest BCUT2D eigenvalue weighted by molar-refractivity contribution is 5.47. The zero-order valence-corrected chi connectivity index (χ0v) is 12.2. The molecule has 1 fully saturated rings. The van der Waals surface area contributed by atoms with Gasteiger partial charge in [0.25, 0.3) is 0 Å². The van der Waals surface area contributed by atoms with Crippen molar-refractivity contribution in [3.63, 3.8) is 0 Å². The van der Waals surface area contributed by atoms with E-state index in [0.717, 1.165) is 24.6 Å².